The second kappa shape index (κ2) is 5.99. The highest BCUT2D eigenvalue weighted by Gasteiger charge is 2.24. The Balaban J connectivity index is 1.66. The van der Waals surface area contributed by atoms with Crippen molar-refractivity contribution < 1.29 is 0 Å². The molecule has 16 heavy (non-hydrogen) atoms. The second-order valence-corrected chi connectivity index (χ2v) is 5.62. The predicted octanol–water partition coefficient (Wildman–Crippen LogP) is 1.38. The zero-order valence-electron chi connectivity index (χ0n) is 10.5. The van der Waals surface area contributed by atoms with Crippen molar-refractivity contribution in [3.05, 3.63) is 0 Å². The lowest BCUT2D eigenvalue weighted by molar-refractivity contribution is 0.259. The van der Waals surface area contributed by atoms with Crippen molar-refractivity contribution in [1.82, 2.24) is 10.6 Å². The number of hydrogen-bond acceptors (Lipinski definition) is 3. The molecule has 0 unspecified atom stereocenters. The van der Waals surface area contributed by atoms with Gasteiger partial charge in [-0.05, 0) is 58.4 Å². The molecule has 0 aromatic heterocycles. The van der Waals surface area contributed by atoms with E-state index in [1.165, 1.54) is 51.4 Å². The fraction of sp³-hybridized carbons (Fsp3) is 1.00. The van der Waals surface area contributed by atoms with E-state index in [1.54, 1.807) is 0 Å². The lowest BCUT2D eigenvalue weighted by Gasteiger charge is -2.34. The third-order valence-corrected chi connectivity index (χ3v) is 4.38. The maximum atomic E-state index is 5.93. The van der Waals surface area contributed by atoms with Gasteiger partial charge in [-0.25, -0.2) is 0 Å². The van der Waals surface area contributed by atoms with Gasteiger partial charge in [0.1, 0.15) is 0 Å². The van der Waals surface area contributed by atoms with Gasteiger partial charge in [0.2, 0.25) is 0 Å². The molecule has 0 amide bonds. The van der Waals surface area contributed by atoms with E-state index in [0.717, 1.165) is 18.1 Å². The van der Waals surface area contributed by atoms with Gasteiger partial charge >= 0.3 is 0 Å². The molecule has 2 saturated carbocycles. The van der Waals surface area contributed by atoms with Crippen LogP contribution in [0.1, 0.15) is 51.4 Å². The van der Waals surface area contributed by atoms with Gasteiger partial charge < -0.3 is 16.4 Å². The summed E-state index contributed by atoms with van der Waals surface area (Å²) in [6.07, 6.45) is 10.3. The van der Waals surface area contributed by atoms with Crippen molar-refractivity contribution in [3.8, 4) is 0 Å². The summed E-state index contributed by atoms with van der Waals surface area (Å²) in [4.78, 5) is 0. The molecule has 3 heteroatoms. The van der Waals surface area contributed by atoms with Gasteiger partial charge in [-0.3, -0.25) is 0 Å². The van der Waals surface area contributed by atoms with Crippen molar-refractivity contribution in [2.75, 3.05) is 7.05 Å². The lowest BCUT2D eigenvalue weighted by atomic mass is 9.87. The fourth-order valence-corrected chi connectivity index (χ4v) is 3.17. The van der Waals surface area contributed by atoms with Gasteiger partial charge in [-0.15, -0.1) is 0 Å². The van der Waals surface area contributed by atoms with E-state index < -0.39 is 0 Å². The third kappa shape index (κ3) is 3.44. The molecule has 0 aliphatic heterocycles. The first-order chi connectivity index (χ1) is 7.78. The fourth-order valence-electron chi connectivity index (χ4n) is 3.17. The van der Waals surface area contributed by atoms with Crippen LogP contribution < -0.4 is 16.4 Å². The van der Waals surface area contributed by atoms with Crippen LogP contribution in [0.15, 0.2) is 0 Å². The molecule has 2 fully saturated rings. The van der Waals surface area contributed by atoms with Crippen molar-refractivity contribution in [3.63, 3.8) is 0 Å². The molecule has 0 bridgehead atoms. The van der Waals surface area contributed by atoms with E-state index in [4.69, 9.17) is 5.73 Å². The molecular formula is C13H27N3. The van der Waals surface area contributed by atoms with Gasteiger partial charge in [0.05, 0.1) is 0 Å². The molecular weight excluding hydrogens is 198 g/mol. The number of hydrogen-bond donors (Lipinski definition) is 3. The third-order valence-electron chi connectivity index (χ3n) is 4.38. The van der Waals surface area contributed by atoms with E-state index in [1.807, 2.05) is 0 Å². The Hall–Kier alpha value is -0.120. The van der Waals surface area contributed by atoms with Crippen LogP contribution in [0.4, 0.5) is 0 Å². The summed E-state index contributed by atoms with van der Waals surface area (Å²) in [5.41, 5.74) is 5.93. The number of nitrogens with two attached hydrogens (primary N) is 1. The van der Waals surface area contributed by atoms with E-state index in [2.05, 4.69) is 17.7 Å². The van der Waals surface area contributed by atoms with E-state index in [0.29, 0.717) is 6.04 Å². The molecule has 0 saturated heterocycles. The molecule has 0 radical (unpaired) electrons. The first-order valence-electron chi connectivity index (χ1n) is 6.97. The van der Waals surface area contributed by atoms with E-state index in [-0.39, 0.29) is 0 Å². The highest BCUT2D eigenvalue weighted by atomic mass is 15.0. The van der Waals surface area contributed by atoms with Gasteiger partial charge in [0, 0.05) is 24.2 Å². The van der Waals surface area contributed by atoms with Crippen LogP contribution in [0.25, 0.3) is 0 Å². The molecule has 0 aromatic carbocycles. The van der Waals surface area contributed by atoms with Crippen LogP contribution in [-0.4, -0.2) is 31.2 Å². The smallest absolute Gasteiger partial charge is 0.00708 e. The van der Waals surface area contributed by atoms with Crippen LogP contribution in [0.3, 0.4) is 0 Å². The van der Waals surface area contributed by atoms with Crippen molar-refractivity contribution in [1.29, 1.82) is 0 Å². The van der Waals surface area contributed by atoms with Gasteiger partial charge in [-0.2, -0.15) is 0 Å². The zero-order valence-corrected chi connectivity index (χ0v) is 10.5. The van der Waals surface area contributed by atoms with E-state index in [9.17, 15) is 0 Å². The first-order valence-corrected chi connectivity index (χ1v) is 6.97. The van der Waals surface area contributed by atoms with Crippen LogP contribution in [0.2, 0.25) is 0 Å². The van der Waals surface area contributed by atoms with Gasteiger partial charge in [-0.1, -0.05) is 0 Å². The minimum atomic E-state index is 0.470. The van der Waals surface area contributed by atoms with Crippen LogP contribution in [0.5, 0.6) is 0 Å². The molecule has 94 valence electrons. The first kappa shape index (κ1) is 12.3. The normalized spacial score (nSPS) is 40.9. The van der Waals surface area contributed by atoms with Crippen molar-refractivity contribution in [2.45, 2.75) is 75.5 Å². The molecule has 0 aromatic rings. The number of nitrogens with one attached hydrogen (secondary N) is 2. The second-order valence-electron chi connectivity index (χ2n) is 5.62. The summed E-state index contributed by atoms with van der Waals surface area (Å²) >= 11 is 0. The molecule has 0 atom stereocenters. The molecule has 3 nitrogen and oxygen atoms in total. The molecule has 2 aliphatic rings. The summed E-state index contributed by atoms with van der Waals surface area (Å²) in [6.45, 7) is 0. The lowest BCUT2D eigenvalue weighted by Crippen LogP contribution is -2.45. The highest BCUT2D eigenvalue weighted by molar-refractivity contribution is 4.85. The molecule has 4 N–H and O–H groups in total. The average molecular weight is 225 g/mol. The Labute approximate surface area is 99.5 Å². The molecule has 0 heterocycles. The maximum Gasteiger partial charge on any atom is 0.00708 e. The minimum absolute atomic E-state index is 0.470. The van der Waals surface area contributed by atoms with Crippen LogP contribution in [-0.2, 0) is 0 Å². The van der Waals surface area contributed by atoms with E-state index >= 15 is 0 Å². The Morgan fingerprint density at radius 2 is 1.19 bits per heavy atom. The van der Waals surface area contributed by atoms with Crippen molar-refractivity contribution >= 4 is 0 Å². The standard InChI is InChI=1S/C13H27N3/c1-15-11-6-8-13(9-7-11)16-12-4-2-10(14)3-5-12/h10-13,15-16H,2-9,14H2,1H3. The monoisotopic (exact) mass is 225 g/mol. The Kier molecular flexibility index (Phi) is 4.62. The Morgan fingerprint density at radius 1 is 0.750 bits per heavy atom. The molecule has 0 spiro atoms. The summed E-state index contributed by atoms with van der Waals surface area (Å²) in [6, 6.07) is 2.75. The Bertz CT molecular complexity index is 191. The quantitative estimate of drug-likeness (QED) is 0.680. The van der Waals surface area contributed by atoms with Crippen LogP contribution >= 0.6 is 0 Å². The summed E-state index contributed by atoms with van der Waals surface area (Å²) in [7, 11) is 2.08. The molecule has 2 aliphatic carbocycles. The topological polar surface area (TPSA) is 50.1 Å². The zero-order chi connectivity index (χ0) is 11.4. The molecule has 2 rings (SSSR count). The predicted molar refractivity (Wildman–Crippen MR) is 68.5 cm³/mol. The largest absolute Gasteiger partial charge is 0.328 e. The summed E-state index contributed by atoms with van der Waals surface area (Å²) in [5, 5.41) is 7.23. The number of rotatable bonds is 3. The Morgan fingerprint density at radius 3 is 1.69 bits per heavy atom. The van der Waals surface area contributed by atoms with Gasteiger partial charge in [0.15, 0.2) is 0 Å². The summed E-state index contributed by atoms with van der Waals surface area (Å²) < 4.78 is 0. The van der Waals surface area contributed by atoms with Crippen molar-refractivity contribution in [2.24, 2.45) is 5.73 Å². The van der Waals surface area contributed by atoms with Crippen LogP contribution in [0, 0.1) is 0 Å². The average Bonchev–Trinajstić information content (AvgIpc) is 2.33. The van der Waals surface area contributed by atoms with Gasteiger partial charge in [0.25, 0.3) is 0 Å². The minimum Gasteiger partial charge on any atom is -0.328 e. The maximum absolute atomic E-state index is 5.93. The highest BCUT2D eigenvalue weighted by Crippen LogP contribution is 2.22. The SMILES string of the molecule is CNC1CCC(NC2CCC(N)CC2)CC1. The summed E-state index contributed by atoms with van der Waals surface area (Å²) in [5.74, 6) is 0.